The van der Waals surface area contributed by atoms with E-state index in [2.05, 4.69) is 20.5 Å². The van der Waals surface area contributed by atoms with Crippen LogP contribution in [0.2, 0.25) is 10.3 Å². The Labute approximate surface area is 107 Å². The average molecular weight is 271 g/mol. The maximum Gasteiger partial charge on any atom is 0.257 e. The van der Waals surface area contributed by atoms with Gasteiger partial charge >= 0.3 is 0 Å². The van der Waals surface area contributed by atoms with E-state index in [0.29, 0.717) is 11.4 Å². The summed E-state index contributed by atoms with van der Waals surface area (Å²) in [7, 11) is 0. The Balaban J connectivity index is 2.19. The summed E-state index contributed by atoms with van der Waals surface area (Å²) in [5.41, 5.74) is 1.18. The highest BCUT2D eigenvalue weighted by atomic mass is 35.5. The van der Waals surface area contributed by atoms with Crippen molar-refractivity contribution in [2.45, 2.75) is 6.92 Å². The monoisotopic (exact) mass is 270 g/mol. The van der Waals surface area contributed by atoms with Crippen molar-refractivity contribution in [3.05, 3.63) is 39.8 Å². The molecule has 0 radical (unpaired) electrons. The van der Waals surface area contributed by atoms with Crippen molar-refractivity contribution in [2.75, 3.05) is 5.32 Å². The normalized spacial score (nSPS) is 10.3. The van der Waals surface area contributed by atoms with Gasteiger partial charge in [0.2, 0.25) is 0 Å². The quantitative estimate of drug-likeness (QED) is 0.825. The Kier molecular flexibility index (Phi) is 3.31. The molecule has 7 heteroatoms. The average Bonchev–Trinajstić information content (AvgIpc) is 2.62. The number of aromatic amines is 1. The molecular weight excluding hydrogens is 263 g/mol. The number of amides is 1. The lowest BCUT2D eigenvalue weighted by molar-refractivity contribution is 0.102. The topological polar surface area (TPSA) is 70.7 Å². The minimum atomic E-state index is -0.345. The van der Waals surface area contributed by atoms with Gasteiger partial charge in [-0.25, -0.2) is 4.98 Å². The smallest absolute Gasteiger partial charge is 0.257 e. The molecular formula is C10H8Cl2N4O. The summed E-state index contributed by atoms with van der Waals surface area (Å²) < 4.78 is 0. The second-order valence-electron chi connectivity index (χ2n) is 3.39. The lowest BCUT2D eigenvalue weighted by atomic mass is 10.2. The summed E-state index contributed by atoms with van der Waals surface area (Å²) in [4.78, 5) is 15.6. The van der Waals surface area contributed by atoms with Crippen LogP contribution in [0.1, 0.15) is 16.1 Å². The molecule has 0 spiro atoms. The van der Waals surface area contributed by atoms with Crippen molar-refractivity contribution in [3.8, 4) is 0 Å². The van der Waals surface area contributed by atoms with Crippen LogP contribution in [-0.4, -0.2) is 21.1 Å². The van der Waals surface area contributed by atoms with E-state index in [1.807, 2.05) is 6.92 Å². The first-order valence-corrected chi connectivity index (χ1v) is 5.46. The zero-order chi connectivity index (χ0) is 12.4. The highest BCUT2D eigenvalue weighted by molar-refractivity contribution is 6.33. The van der Waals surface area contributed by atoms with Gasteiger partial charge in [0.25, 0.3) is 5.91 Å². The van der Waals surface area contributed by atoms with Crippen molar-refractivity contribution < 1.29 is 4.79 Å². The summed E-state index contributed by atoms with van der Waals surface area (Å²) in [5.74, 6) is 0.0965. The fourth-order valence-corrected chi connectivity index (χ4v) is 1.73. The number of H-pyrrole nitrogens is 1. The summed E-state index contributed by atoms with van der Waals surface area (Å²) >= 11 is 11.4. The van der Waals surface area contributed by atoms with Crippen LogP contribution < -0.4 is 5.32 Å². The molecule has 0 aliphatic carbocycles. The molecule has 17 heavy (non-hydrogen) atoms. The summed E-state index contributed by atoms with van der Waals surface area (Å²) in [5, 5.41) is 9.55. The minimum Gasteiger partial charge on any atom is -0.305 e. The molecule has 0 fully saturated rings. The SMILES string of the molecule is Cc1cc(NC(=O)c2cc(Cl)nc(Cl)c2)n[nH]1. The van der Waals surface area contributed by atoms with Gasteiger partial charge in [-0.1, -0.05) is 23.2 Å². The Morgan fingerprint density at radius 2 is 1.94 bits per heavy atom. The number of halogens is 2. The van der Waals surface area contributed by atoms with Gasteiger partial charge in [0.05, 0.1) is 0 Å². The van der Waals surface area contributed by atoms with E-state index in [0.717, 1.165) is 5.69 Å². The van der Waals surface area contributed by atoms with Gasteiger partial charge in [-0.15, -0.1) is 0 Å². The lowest BCUT2D eigenvalue weighted by Crippen LogP contribution is -2.12. The highest BCUT2D eigenvalue weighted by Gasteiger charge is 2.10. The van der Waals surface area contributed by atoms with Crippen molar-refractivity contribution in [1.29, 1.82) is 0 Å². The molecule has 2 aromatic rings. The molecule has 0 aliphatic heterocycles. The molecule has 0 unspecified atom stereocenters. The number of aromatic nitrogens is 3. The second kappa shape index (κ2) is 4.73. The summed E-state index contributed by atoms with van der Waals surface area (Å²) in [6.07, 6.45) is 0. The number of carbonyl (C=O) groups excluding carboxylic acids is 1. The Hall–Kier alpha value is -1.59. The Bertz CT molecular complexity index is 547. The number of nitrogens with zero attached hydrogens (tertiary/aromatic N) is 2. The predicted molar refractivity (Wildman–Crippen MR) is 65.5 cm³/mol. The molecule has 88 valence electrons. The van der Waals surface area contributed by atoms with Crippen LogP contribution in [0.5, 0.6) is 0 Å². The van der Waals surface area contributed by atoms with Gasteiger partial charge in [-0.2, -0.15) is 5.10 Å². The molecule has 2 aromatic heterocycles. The standard InChI is InChI=1S/C10H8Cl2N4O/c1-5-2-9(16-15-5)14-10(17)6-3-7(11)13-8(12)4-6/h2-4H,1H3,(H2,14,15,16,17). The van der Waals surface area contributed by atoms with Crippen molar-refractivity contribution in [2.24, 2.45) is 0 Å². The number of hydrogen-bond acceptors (Lipinski definition) is 3. The van der Waals surface area contributed by atoms with Crippen LogP contribution in [0.15, 0.2) is 18.2 Å². The van der Waals surface area contributed by atoms with E-state index in [1.54, 1.807) is 6.07 Å². The second-order valence-corrected chi connectivity index (χ2v) is 4.17. The maximum absolute atomic E-state index is 11.8. The first-order valence-electron chi connectivity index (χ1n) is 4.71. The molecule has 5 nitrogen and oxygen atoms in total. The number of rotatable bonds is 2. The van der Waals surface area contributed by atoms with Gasteiger partial charge < -0.3 is 5.32 Å². The molecule has 0 aliphatic rings. The van der Waals surface area contributed by atoms with Crippen LogP contribution in [-0.2, 0) is 0 Å². The van der Waals surface area contributed by atoms with Gasteiger partial charge in [0, 0.05) is 17.3 Å². The predicted octanol–water partition coefficient (Wildman–Crippen LogP) is 2.67. The van der Waals surface area contributed by atoms with Crippen LogP contribution >= 0.6 is 23.2 Å². The van der Waals surface area contributed by atoms with Crippen LogP contribution in [0.25, 0.3) is 0 Å². The number of anilines is 1. The third-order valence-electron chi connectivity index (χ3n) is 1.97. The fourth-order valence-electron chi connectivity index (χ4n) is 1.27. The largest absolute Gasteiger partial charge is 0.305 e. The Morgan fingerprint density at radius 3 is 2.47 bits per heavy atom. The molecule has 0 aromatic carbocycles. The highest BCUT2D eigenvalue weighted by Crippen LogP contribution is 2.16. The Morgan fingerprint density at radius 1 is 1.29 bits per heavy atom. The molecule has 0 saturated carbocycles. The number of aryl methyl sites for hydroxylation is 1. The zero-order valence-corrected chi connectivity index (χ0v) is 10.3. The van der Waals surface area contributed by atoms with Gasteiger partial charge in [-0.3, -0.25) is 9.89 Å². The van der Waals surface area contributed by atoms with E-state index in [1.165, 1.54) is 12.1 Å². The van der Waals surface area contributed by atoms with Gasteiger partial charge in [-0.05, 0) is 19.1 Å². The first kappa shape index (κ1) is 11.9. The number of nitrogens with one attached hydrogen (secondary N) is 2. The summed E-state index contributed by atoms with van der Waals surface area (Å²) in [6, 6.07) is 4.58. The fraction of sp³-hybridized carbons (Fsp3) is 0.100. The third kappa shape index (κ3) is 2.95. The third-order valence-corrected chi connectivity index (χ3v) is 2.36. The van der Waals surface area contributed by atoms with Gasteiger partial charge in [0.15, 0.2) is 5.82 Å². The number of carbonyl (C=O) groups is 1. The van der Waals surface area contributed by atoms with Crippen molar-refractivity contribution in [3.63, 3.8) is 0 Å². The molecule has 2 rings (SSSR count). The van der Waals surface area contributed by atoms with Crippen molar-refractivity contribution >= 4 is 34.9 Å². The van der Waals surface area contributed by atoms with Crippen molar-refractivity contribution in [1.82, 2.24) is 15.2 Å². The van der Waals surface area contributed by atoms with E-state index in [9.17, 15) is 4.79 Å². The van der Waals surface area contributed by atoms with Crippen LogP contribution in [0, 0.1) is 6.92 Å². The molecule has 0 atom stereocenters. The minimum absolute atomic E-state index is 0.167. The molecule has 0 bridgehead atoms. The van der Waals surface area contributed by atoms with Crippen LogP contribution in [0.4, 0.5) is 5.82 Å². The first-order chi connectivity index (χ1) is 8.04. The van der Waals surface area contributed by atoms with E-state index in [4.69, 9.17) is 23.2 Å². The van der Waals surface area contributed by atoms with E-state index < -0.39 is 0 Å². The lowest BCUT2D eigenvalue weighted by Gasteiger charge is -2.02. The molecule has 1 amide bonds. The number of pyridine rings is 1. The van der Waals surface area contributed by atoms with Gasteiger partial charge in [0.1, 0.15) is 10.3 Å². The summed E-state index contributed by atoms with van der Waals surface area (Å²) in [6.45, 7) is 1.84. The molecule has 2 N–H and O–H groups in total. The molecule has 2 heterocycles. The van der Waals surface area contributed by atoms with Crippen LogP contribution in [0.3, 0.4) is 0 Å². The number of hydrogen-bond donors (Lipinski definition) is 2. The maximum atomic E-state index is 11.8. The molecule has 0 saturated heterocycles. The van der Waals surface area contributed by atoms with E-state index in [-0.39, 0.29) is 16.2 Å². The zero-order valence-electron chi connectivity index (χ0n) is 8.79. The van der Waals surface area contributed by atoms with E-state index >= 15 is 0 Å².